The van der Waals surface area contributed by atoms with Crippen LogP contribution >= 0.6 is 11.6 Å². The van der Waals surface area contributed by atoms with Crippen LogP contribution in [-0.2, 0) is 0 Å². The van der Waals surface area contributed by atoms with Gasteiger partial charge in [0.25, 0.3) is 22.3 Å². The van der Waals surface area contributed by atoms with Gasteiger partial charge in [-0.05, 0) is 17.7 Å². The van der Waals surface area contributed by atoms with Crippen molar-refractivity contribution in [1.82, 2.24) is 0 Å². The third-order valence-electron chi connectivity index (χ3n) is 3.79. The lowest BCUT2D eigenvalue weighted by molar-refractivity contribution is -0.394. The minimum absolute atomic E-state index is 0.351. The van der Waals surface area contributed by atoms with E-state index in [2.05, 4.69) is 0 Å². The molecule has 1 aliphatic carbocycles. The molecule has 0 aromatic heterocycles. The van der Waals surface area contributed by atoms with Gasteiger partial charge < -0.3 is 0 Å². The average molecular weight is 378 g/mol. The summed E-state index contributed by atoms with van der Waals surface area (Å²) in [5.74, 6) is -0.912. The van der Waals surface area contributed by atoms with E-state index < -0.39 is 54.0 Å². The van der Waals surface area contributed by atoms with E-state index in [-0.39, 0.29) is 16.7 Å². The van der Waals surface area contributed by atoms with Crippen LogP contribution < -0.4 is 0 Å². The Morgan fingerprint density at radius 2 is 1.31 bits per heavy atom. The fourth-order valence-corrected chi connectivity index (χ4v) is 2.88. The number of carbonyl (C=O) groups excluding carboxylic acids is 2. The van der Waals surface area contributed by atoms with E-state index in [1.54, 1.807) is 0 Å². The Kier molecular flexibility index (Phi) is 3.73. The van der Waals surface area contributed by atoms with Crippen LogP contribution in [0.3, 0.4) is 0 Å². The fourth-order valence-electron chi connectivity index (χ4n) is 2.77. The monoisotopic (exact) mass is 377 g/mol. The molecule has 11 nitrogen and oxygen atoms in total. The van der Waals surface area contributed by atoms with E-state index in [1.807, 2.05) is 0 Å². The van der Waals surface area contributed by atoms with Gasteiger partial charge in [-0.25, -0.2) is 0 Å². The number of fused-ring (bicyclic) bond motifs is 3. The van der Waals surface area contributed by atoms with Crippen molar-refractivity contribution in [2.75, 3.05) is 0 Å². The summed E-state index contributed by atoms with van der Waals surface area (Å²) in [4.78, 5) is 54.8. The fraction of sp³-hybridized carbons (Fsp3) is 0. The van der Waals surface area contributed by atoms with E-state index >= 15 is 0 Å². The van der Waals surface area contributed by atoms with Crippen LogP contribution in [-0.4, -0.2) is 25.8 Å². The Morgan fingerprint density at radius 1 is 0.808 bits per heavy atom. The summed E-state index contributed by atoms with van der Waals surface area (Å²) >= 11 is 5.32. The van der Waals surface area contributed by atoms with E-state index in [0.29, 0.717) is 6.07 Å². The maximum atomic E-state index is 12.6. The highest BCUT2D eigenvalue weighted by Gasteiger charge is 2.41. The zero-order valence-electron chi connectivity index (χ0n) is 12.3. The molecule has 0 saturated carbocycles. The molecule has 0 N–H and O–H groups in total. The van der Waals surface area contributed by atoms with Crippen molar-refractivity contribution >= 4 is 39.7 Å². The number of nitrogens with zero attached hydrogens (tertiary/aromatic N) is 3. The van der Waals surface area contributed by atoms with Crippen molar-refractivity contribution in [2.24, 2.45) is 0 Å². The molecule has 0 atom stereocenters. The molecule has 130 valence electrons. The summed E-state index contributed by atoms with van der Waals surface area (Å²) in [6, 6.07) is 3.18. The van der Waals surface area contributed by atoms with Crippen LogP contribution in [0.1, 0.15) is 26.3 Å². The van der Waals surface area contributed by atoms with E-state index in [9.17, 15) is 39.9 Å². The first-order valence-corrected chi connectivity index (χ1v) is 7.05. The summed E-state index contributed by atoms with van der Waals surface area (Å²) in [5, 5.41) is 32.6. The van der Waals surface area contributed by atoms with Gasteiger partial charge in [-0.1, -0.05) is 0 Å². The van der Waals surface area contributed by atoms with Gasteiger partial charge in [-0.2, -0.15) is 0 Å². The SMILES string of the molecule is O=C(Cl)c1cc2c(c([N+](=O)[O-])c1)-c1c(cc([N+](=O)[O-])cc1[N+](=O)[O-])C2=O. The Bertz CT molecular complexity index is 995. The van der Waals surface area contributed by atoms with E-state index in [0.717, 1.165) is 18.2 Å². The number of ketones is 1. The Hall–Kier alpha value is -3.73. The summed E-state index contributed by atoms with van der Waals surface area (Å²) in [6.45, 7) is 0. The Morgan fingerprint density at radius 3 is 1.77 bits per heavy atom. The lowest BCUT2D eigenvalue weighted by Gasteiger charge is -2.04. The van der Waals surface area contributed by atoms with Crippen molar-refractivity contribution in [2.45, 2.75) is 0 Å². The standard InChI is InChI=1S/C14H4ClN3O8/c15-14(20)5-1-7-11(9(2-5)17(23)24)12-8(13(7)19)3-6(16(21)22)4-10(12)18(25)26/h1-4H. The van der Waals surface area contributed by atoms with Crippen LogP contribution in [0, 0.1) is 30.3 Å². The van der Waals surface area contributed by atoms with Crippen molar-refractivity contribution < 1.29 is 24.4 Å². The lowest BCUT2D eigenvalue weighted by atomic mass is 9.99. The average Bonchev–Trinajstić information content (AvgIpc) is 2.85. The Balaban J connectivity index is 2.48. The predicted molar refractivity (Wildman–Crippen MR) is 85.5 cm³/mol. The molecule has 0 amide bonds. The predicted octanol–water partition coefficient (Wildman–Crippen LogP) is 3.00. The Labute approximate surface area is 147 Å². The first-order chi connectivity index (χ1) is 12.1. The molecule has 0 heterocycles. The second-order valence-electron chi connectivity index (χ2n) is 5.18. The molecular weight excluding hydrogens is 374 g/mol. The maximum Gasteiger partial charge on any atom is 0.285 e. The molecule has 0 fully saturated rings. The molecule has 0 unspecified atom stereocenters. The summed E-state index contributed by atoms with van der Waals surface area (Å²) in [7, 11) is 0. The van der Waals surface area contributed by atoms with Crippen LogP contribution in [0.25, 0.3) is 11.1 Å². The number of nitro benzene ring substituents is 3. The molecule has 0 radical (unpaired) electrons. The van der Waals surface area contributed by atoms with Gasteiger partial charge in [-0.3, -0.25) is 39.9 Å². The minimum Gasteiger partial charge on any atom is -0.289 e. The number of halogens is 1. The molecule has 2 aromatic carbocycles. The van der Waals surface area contributed by atoms with Crippen molar-refractivity contribution in [1.29, 1.82) is 0 Å². The number of rotatable bonds is 4. The molecule has 3 rings (SSSR count). The first-order valence-electron chi connectivity index (χ1n) is 6.67. The second-order valence-corrected chi connectivity index (χ2v) is 5.52. The number of carbonyl (C=O) groups is 2. The normalized spacial score (nSPS) is 11.7. The third kappa shape index (κ3) is 2.38. The van der Waals surface area contributed by atoms with Crippen molar-refractivity contribution in [3.63, 3.8) is 0 Å². The zero-order chi connectivity index (χ0) is 19.3. The molecule has 0 saturated heterocycles. The number of non-ortho nitro benzene ring substituents is 1. The van der Waals surface area contributed by atoms with Crippen molar-refractivity contribution in [3.05, 3.63) is 71.3 Å². The van der Waals surface area contributed by atoms with Crippen LogP contribution in [0.4, 0.5) is 17.1 Å². The van der Waals surface area contributed by atoms with Crippen LogP contribution in [0.5, 0.6) is 0 Å². The van der Waals surface area contributed by atoms with E-state index in [4.69, 9.17) is 11.6 Å². The highest BCUT2D eigenvalue weighted by Crippen LogP contribution is 2.48. The van der Waals surface area contributed by atoms with Crippen molar-refractivity contribution in [3.8, 4) is 11.1 Å². The van der Waals surface area contributed by atoms with Gasteiger partial charge in [0.2, 0.25) is 0 Å². The van der Waals surface area contributed by atoms with Gasteiger partial charge in [-0.15, -0.1) is 0 Å². The van der Waals surface area contributed by atoms with Crippen LogP contribution in [0.2, 0.25) is 0 Å². The highest BCUT2D eigenvalue weighted by molar-refractivity contribution is 6.67. The topological polar surface area (TPSA) is 164 Å². The highest BCUT2D eigenvalue weighted by atomic mass is 35.5. The zero-order valence-corrected chi connectivity index (χ0v) is 13.1. The van der Waals surface area contributed by atoms with Gasteiger partial charge in [0.1, 0.15) is 0 Å². The number of nitro groups is 3. The smallest absolute Gasteiger partial charge is 0.285 e. The molecule has 26 heavy (non-hydrogen) atoms. The molecule has 1 aliphatic rings. The summed E-state index contributed by atoms with van der Waals surface area (Å²) in [6.07, 6.45) is 0. The van der Waals surface area contributed by atoms with Gasteiger partial charge >= 0.3 is 0 Å². The minimum atomic E-state index is -1.07. The van der Waals surface area contributed by atoms with Crippen LogP contribution in [0.15, 0.2) is 24.3 Å². The van der Waals surface area contributed by atoms with Gasteiger partial charge in [0, 0.05) is 28.8 Å². The number of hydrogen-bond donors (Lipinski definition) is 0. The molecule has 0 aliphatic heterocycles. The molecule has 2 aromatic rings. The molecular formula is C14H4ClN3O8. The second kappa shape index (κ2) is 5.67. The first kappa shape index (κ1) is 17.1. The van der Waals surface area contributed by atoms with Gasteiger partial charge in [0.15, 0.2) is 5.78 Å². The lowest BCUT2D eigenvalue weighted by Crippen LogP contribution is -2.01. The van der Waals surface area contributed by atoms with Gasteiger partial charge in [0.05, 0.1) is 32.0 Å². The quantitative estimate of drug-likeness (QED) is 0.380. The molecule has 0 bridgehead atoms. The van der Waals surface area contributed by atoms with E-state index in [1.165, 1.54) is 0 Å². The summed E-state index contributed by atoms with van der Waals surface area (Å²) in [5.41, 5.74) is -4.20. The maximum absolute atomic E-state index is 12.6. The largest absolute Gasteiger partial charge is 0.289 e. The third-order valence-corrected chi connectivity index (χ3v) is 4.01. The summed E-state index contributed by atoms with van der Waals surface area (Å²) < 4.78 is 0. The molecule has 0 spiro atoms. The number of hydrogen-bond acceptors (Lipinski definition) is 8. The molecule has 12 heteroatoms. The number of benzene rings is 2.